The fraction of sp³-hybridized carbons (Fsp3) is 0.688. The Morgan fingerprint density at radius 1 is 1.18 bits per heavy atom. The Balaban J connectivity index is 1.84. The predicted octanol–water partition coefficient (Wildman–Crippen LogP) is 3.65. The molecule has 1 fully saturated rings. The second-order valence-electron chi connectivity index (χ2n) is 6.85. The fourth-order valence-corrected chi connectivity index (χ4v) is 4.28. The molecule has 1 heterocycles. The van der Waals surface area contributed by atoms with E-state index in [1.54, 1.807) is 11.1 Å². The summed E-state index contributed by atoms with van der Waals surface area (Å²) in [6.07, 6.45) is 7.86. The van der Waals surface area contributed by atoms with E-state index in [4.69, 9.17) is 4.98 Å². The summed E-state index contributed by atoms with van der Waals surface area (Å²) in [5.74, 6) is 1.70. The molecule has 1 aromatic rings. The van der Waals surface area contributed by atoms with Gasteiger partial charge < -0.3 is 0 Å². The highest BCUT2D eigenvalue weighted by Gasteiger charge is 2.52. The monoisotopic (exact) mass is 227 g/mol. The molecular weight excluding hydrogens is 206 g/mol. The van der Waals surface area contributed by atoms with Crippen LogP contribution in [0.15, 0.2) is 6.07 Å². The molecule has 0 aromatic carbocycles. The van der Waals surface area contributed by atoms with Crippen LogP contribution in [-0.2, 0) is 19.3 Å². The van der Waals surface area contributed by atoms with Crippen LogP contribution in [0.5, 0.6) is 0 Å². The Bertz CT molecular complexity index is 487. The number of nitrogens with zero attached hydrogens (tertiary/aromatic N) is 1. The zero-order chi connectivity index (χ0) is 11.6. The van der Waals surface area contributed by atoms with Crippen molar-refractivity contribution in [1.82, 2.24) is 4.98 Å². The average molecular weight is 227 g/mol. The molecule has 0 aliphatic heterocycles. The van der Waals surface area contributed by atoms with E-state index in [1.165, 1.54) is 49.9 Å². The van der Waals surface area contributed by atoms with Gasteiger partial charge >= 0.3 is 0 Å². The molecule has 0 amide bonds. The summed E-state index contributed by atoms with van der Waals surface area (Å²) < 4.78 is 0. The van der Waals surface area contributed by atoms with Gasteiger partial charge in [-0.1, -0.05) is 19.9 Å². The summed E-state index contributed by atoms with van der Waals surface area (Å²) in [4.78, 5) is 5.00. The summed E-state index contributed by atoms with van der Waals surface area (Å²) >= 11 is 0. The zero-order valence-corrected chi connectivity index (χ0v) is 10.9. The van der Waals surface area contributed by atoms with Crippen LogP contribution in [0.2, 0.25) is 0 Å². The molecule has 2 bridgehead atoms. The van der Waals surface area contributed by atoms with Crippen LogP contribution < -0.4 is 0 Å². The molecule has 1 aromatic heterocycles. The first-order valence-corrected chi connectivity index (χ1v) is 7.18. The van der Waals surface area contributed by atoms with Crippen LogP contribution in [0.4, 0.5) is 0 Å². The van der Waals surface area contributed by atoms with Gasteiger partial charge in [0.2, 0.25) is 0 Å². The topological polar surface area (TPSA) is 12.9 Å². The highest BCUT2D eigenvalue weighted by molar-refractivity contribution is 5.41. The number of hydrogen-bond acceptors (Lipinski definition) is 1. The third kappa shape index (κ3) is 1.23. The number of aromatic nitrogens is 1. The van der Waals surface area contributed by atoms with Gasteiger partial charge in [0.05, 0.1) is 0 Å². The van der Waals surface area contributed by atoms with E-state index in [2.05, 4.69) is 19.9 Å². The van der Waals surface area contributed by atoms with Crippen LogP contribution in [0, 0.1) is 11.3 Å². The van der Waals surface area contributed by atoms with Gasteiger partial charge in [-0.15, -0.1) is 0 Å². The fourth-order valence-electron chi connectivity index (χ4n) is 4.28. The van der Waals surface area contributed by atoms with Gasteiger partial charge in [0.15, 0.2) is 0 Å². The normalized spacial score (nSPS) is 32.4. The SMILES string of the molecule is CC1(C)C2Cc3nc4c(cc3C1C2)CCCC4. The number of hydrogen-bond donors (Lipinski definition) is 0. The maximum absolute atomic E-state index is 5.00. The quantitative estimate of drug-likeness (QED) is 0.659. The number of aryl methyl sites for hydroxylation is 2. The Hall–Kier alpha value is -0.850. The molecule has 5 rings (SSSR count). The van der Waals surface area contributed by atoms with E-state index in [-0.39, 0.29) is 0 Å². The van der Waals surface area contributed by atoms with Crippen molar-refractivity contribution in [2.24, 2.45) is 11.3 Å². The summed E-state index contributed by atoms with van der Waals surface area (Å²) in [7, 11) is 0. The molecule has 17 heavy (non-hydrogen) atoms. The molecule has 1 nitrogen and oxygen atoms in total. The average Bonchev–Trinajstić information content (AvgIpc) is 2.35. The third-order valence-corrected chi connectivity index (χ3v) is 5.70. The van der Waals surface area contributed by atoms with Crippen LogP contribution >= 0.6 is 0 Å². The van der Waals surface area contributed by atoms with Gasteiger partial charge in [-0.05, 0) is 66.9 Å². The third-order valence-electron chi connectivity index (χ3n) is 5.70. The van der Waals surface area contributed by atoms with Crippen molar-refractivity contribution in [1.29, 1.82) is 0 Å². The molecule has 2 unspecified atom stereocenters. The smallest absolute Gasteiger partial charge is 0.0445 e. The second-order valence-corrected chi connectivity index (χ2v) is 6.85. The van der Waals surface area contributed by atoms with Crippen LogP contribution in [0.25, 0.3) is 0 Å². The lowest BCUT2D eigenvalue weighted by Crippen LogP contribution is -2.48. The molecule has 4 aliphatic carbocycles. The van der Waals surface area contributed by atoms with Crippen LogP contribution in [-0.4, -0.2) is 4.98 Å². The minimum absolute atomic E-state index is 0.539. The Kier molecular flexibility index (Phi) is 1.86. The summed E-state index contributed by atoms with van der Waals surface area (Å²) in [6, 6.07) is 2.53. The van der Waals surface area contributed by atoms with Gasteiger partial charge in [0.25, 0.3) is 0 Å². The standard InChI is InChI=1S/C16H21N/c1-16(2)11-8-13(16)12-7-10-5-3-4-6-14(10)17-15(12)9-11/h7,11,13H,3-6,8-9H2,1-2H3. The lowest BCUT2D eigenvalue weighted by atomic mass is 9.48. The molecule has 0 spiro atoms. The summed E-state index contributed by atoms with van der Waals surface area (Å²) in [5.41, 5.74) is 6.59. The molecule has 0 N–H and O–H groups in total. The number of rotatable bonds is 0. The van der Waals surface area contributed by atoms with E-state index in [1.807, 2.05) is 0 Å². The molecule has 0 radical (unpaired) electrons. The van der Waals surface area contributed by atoms with E-state index in [0.717, 1.165) is 11.8 Å². The summed E-state index contributed by atoms with van der Waals surface area (Å²) in [5, 5.41) is 0. The highest BCUT2D eigenvalue weighted by Crippen LogP contribution is 2.62. The Labute approximate surface area is 104 Å². The van der Waals surface area contributed by atoms with Crippen molar-refractivity contribution in [2.75, 3.05) is 0 Å². The number of fused-ring (bicyclic) bond motifs is 1. The van der Waals surface area contributed by atoms with Crippen molar-refractivity contribution in [2.45, 2.75) is 58.3 Å². The number of pyridine rings is 1. The molecular formula is C16H21N. The van der Waals surface area contributed by atoms with Gasteiger partial charge in [0.1, 0.15) is 0 Å². The van der Waals surface area contributed by atoms with Crippen molar-refractivity contribution < 1.29 is 0 Å². The van der Waals surface area contributed by atoms with Gasteiger partial charge in [-0.3, -0.25) is 4.98 Å². The van der Waals surface area contributed by atoms with Gasteiger partial charge in [-0.25, -0.2) is 0 Å². The Morgan fingerprint density at radius 3 is 2.82 bits per heavy atom. The molecule has 1 saturated carbocycles. The highest BCUT2D eigenvalue weighted by atomic mass is 14.8. The maximum Gasteiger partial charge on any atom is 0.0445 e. The maximum atomic E-state index is 5.00. The van der Waals surface area contributed by atoms with E-state index >= 15 is 0 Å². The molecule has 1 heteroatoms. The lowest BCUT2D eigenvalue weighted by Gasteiger charge is -2.57. The van der Waals surface area contributed by atoms with E-state index < -0.39 is 0 Å². The predicted molar refractivity (Wildman–Crippen MR) is 69.2 cm³/mol. The zero-order valence-electron chi connectivity index (χ0n) is 10.9. The van der Waals surface area contributed by atoms with E-state index in [0.29, 0.717) is 5.41 Å². The van der Waals surface area contributed by atoms with Crippen molar-refractivity contribution in [3.63, 3.8) is 0 Å². The minimum atomic E-state index is 0.539. The first-order valence-electron chi connectivity index (χ1n) is 7.18. The van der Waals surface area contributed by atoms with Crippen molar-refractivity contribution in [3.05, 3.63) is 28.6 Å². The van der Waals surface area contributed by atoms with Gasteiger partial charge in [-0.2, -0.15) is 0 Å². The van der Waals surface area contributed by atoms with Gasteiger partial charge in [0, 0.05) is 11.4 Å². The lowest BCUT2D eigenvalue weighted by molar-refractivity contribution is 0.0167. The molecule has 4 aliphatic rings. The summed E-state index contributed by atoms with van der Waals surface area (Å²) in [6.45, 7) is 4.91. The minimum Gasteiger partial charge on any atom is -0.257 e. The molecule has 90 valence electrons. The second kappa shape index (κ2) is 3.13. The Morgan fingerprint density at radius 2 is 2.00 bits per heavy atom. The van der Waals surface area contributed by atoms with Crippen LogP contribution in [0.3, 0.4) is 0 Å². The molecule has 2 atom stereocenters. The first kappa shape index (κ1) is 10.1. The van der Waals surface area contributed by atoms with Crippen LogP contribution in [0.1, 0.15) is 61.5 Å². The van der Waals surface area contributed by atoms with Crippen molar-refractivity contribution in [3.8, 4) is 0 Å². The van der Waals surface area contributed by atoms with E-state index in [9.17, 15) is 0 Å². The molecule has 0 saturated heterocycles. The van der Waals surface area contributed by atoms with Crippen molar-refractivity contribution >= 4 is 0 Å². The first-order chi connectivity index (χ1) is 8.16. The largest absolute Gasteiger partial charge is 0.257 e.